The molecule has 4 aromatic rings. The number of aliphatic imine (C=N–C) groups is 1. The molecule has 0 aliphatic rings. The number of nitrogens with two attached hydrogens (primary N) is 3. The van der Waals surface area contributed by atoms with E-state index in [1.807, 2.05) is 30.3 Å². The third-order valence-corrected chi connectivity index (χ3v) is 7.50. The molecular weight excluding hydrogens is 555 g/mol. The predicted octanol–water partition coefficient (Wildman–Crippen LogP) is 4.62. The third kappa shape index (κ3) is 8.18. The Morgan fingerprint density at radius 1 is 1.12 bits per heavy atom. The van der Waals surface area contributed by atoms with Crippen LogP contribution in [0.4, 0.5) is 4.39 Å². The van der Waals surface area contributed by atoms with Gasteiger partial charge in [-0.25, -0.2) is 9.18 Å². The minimum absolute atomic E-state index is 0.0779. The van der Waals surface area contributed by atoms with E-state index in [0.29, 0.717) is 53.5 Å². The number of aromatic nitrogens is 3. The van der Waals surface area contributed by atoms with Crippen LogP contribution in [0.5, 0.6) is 0 Å². The molecule has 0 bridgehead atoms. The monoisotopic (exact) mass is 594 g/mol. The largest absolute Gasteiger partial charge is 0.370 e. The number of guanidine groups is 1. The van der Waals surface area contributed by atoms with Gasteiger partial charge in [0.1, 0.15) is 5.65 Å². The average molecular weight is 595 g/mol. The van der Waals surface area contributed by atoms with Crippen LogP contribution in [0.1, 0.15) is 50.7 Å². The molecule has 0 aliphatic carbocycles. The molecule has 0 radical (unpaired) electrons. The van der Waals surface area contributed by atoms with Crippen LogP contribution in [-0.2, 0) is 13.0 Å². The van der Waals surface area contributed by atoms with Gasteiger partial charge in [0.2, 0.25) is 0 Å². The van der Waals surface area contributed by atoms with E-state index in [2.05, 4.69) is 34.1 Å². The van der Waals surface area contributed by atoms with Gasteiger partial charge in [0.05, 0.1) is 16.4 Å². The number of rotatable bonds is 14. The Bertz CT molecular complexity index is 1570. The van der Waals surface area contributed by atoms with E-state index in [4.69, 9.17) is 28.8 Å². The van der Waals surface area contributed by atoms with Gasteiger partial charge in [0, 0.05) is 36.3 Å². The van der Waals surface area contributed by atoms with Crippen LogP contribution in [0.2, 0.25) is 5.02 Å². The lowest BCUT2D eigenvalue weighted by atomic mass is 10.00. The molecule has 2 aromatic heterocycles. The van der Waals surface area contributed by atoms with Crippen LogP contribution in [0.15, 0.2) is 58.4 Å². The lowest BCUT2D eigenvalue weighted by molar-refractivity contribution is 0.461. The Morgan fingerprint density at radius 2 is 1.88 bits per heavy atom. The fourth-order valence-corrected chi connectivity index (χ4v) is 5.20. The first-order chi connectivity index (χ1) is 20.1. The lowest BCUT2D eigenvalue weighted by Crippen LogP contribution is -2.32. The lowest BCUT2D eigenvalue weighted by Gasteiger charge is -2.17. The zero-order valence-corrected chi connectivity index (χ0v) is 24.9. The Kier molecular flexibility index (Phi) is 10.7. The predicted molar refractivity (Wildman–Crippen MR) is 169 cm³/mol. The van der Waals surface area contributed by atoms with E-state index in [1.165, 1.54) is 4.57 Å². The summed E-state index contributed by atoms with van der Waals surface area (Å²) in [5.74, 6) is 0.178. The van der Waals surface area contributed by atoms with Crippen molar-refractivity contribution < 1.29 is 4.39 Å². The maximum Gasteiger partial charge on any atom is 0.354 e. The molecule has 2 heterocycles. The zero-order valence-electron chi connectivity index (χ0n) is 24.2. The number of aryl methyl sites for hydroxylation is 1. The number of halogens is 2. The Hall–Kier alpha value is -3.73. The van der Waals surface area contributed by atoms with Gasteiger partial charge < -0.3 is 27.5 Å². The normalized spacial score (nSPS) is 12.2. The van der Waals surface area contributed by atoms with Crippen molar-refractivity contribution >= 4 is 28.6 Å². The van der Waals surface area contributed by atoms with E-state index in [-0.39, 0.29) is 17.0 Å². The van der Waals surface area contributed by atoms with Gasteiger partial charge >= 0.3 is 5.69 Å². The van der Waals surface area contributed by atoms with Gasteiger partial charge in [0.15, 0.2) is 11.8 Å². The van der Waals surface area contributed by atoms with Crippen molar-refractivity contribution in [2.45, 2.75) is 58.5 Å². The summed E-state index contributed by atoms with van der Waals surface area (Å²) < 4.78 is 16.6. The van der Waals surface area contributed by atoms with Gasteiger partial charge in [0.25, 0.3) is 0 Å². The average Bonchev–Trinajstić information content (AvgIpc) is 3.35. The summed E-state index contributed by atoms with van der Waals surface area (Å²) in [4.78, 5) is 24.3. The van der Waals surface area contributed by atoms with Crippen LogP contribution < -0.4 is 28.2 Å². The van der Waals surface area contributed by atoms with E-state index in [0.717, 1.165) is 43.2 Å². The van der Waals surface area contributed by atoms with Gasteiger partial charge in [-0.1, -0.05) is 44.0 Å². The highest BCUT2D eigenvalue weighted by atomic mass is 35.5. The van der Waals surface area contributed by atoms with E-state index in [1.54, 1.807) is 18.3 Å². The second-order valence-corrected chi connectivity index (χ2v) is 11.4. The van der Waals surface area contributed by atoms with E-state index in [9.17, 15) is 4.79 Å². The van der Waals surface area contributed by atoms with Crippen molar-refractivity contribution in [3.63, 3.8) is 0 Å². The smallest absolute Gasteiger partial charge is 0.354 e. The molecule has 0 unspecified atom stereocenters. The molecule has 9 nitrogen and oxygen atoms in total. The molecule has 0 aliphatic heterocycles. The first kappa shape index (κ1) is 31.2. The van der Waals surface area contributed by atoms with Gasteiger partial charge in [-0.05, 0) is 79.6 Å². The summed E-state index contributed by atoms with van der Waals surface area (Å²) in [6.07, 6.45) is 6.17. The molecule has 42 heavy (non-hydrogen) atoms. The van der Waals surface area contributed by atoms with Gasteiger partial charge in [-0.3, -0.25) is 9.56 Å². The standard InChI is InChI=1S/C31H40ClFN8O/c1-19(2)4-3-5-21-14-25(28(33)26(32)15-21)27-16-22-18-41(31(42)40-29(22)39-27)24-8-6-20(7-9-24)17-38-23(10-12-34)11-13-37-30(35)36/h6-9,14-16,18-19,23,38H,3-5,10-13,17,34H2,1-2H3,(H4,35,36,37)(H,39,40,42)/t23-/m0/s1. The van der Waals surface area contributed by atoms with Gasteiger partial charge in [-0.2, -0.15) is 4.98 Å². The molecule has 4 rings (SSSR count). The van der Waals surface area contributed by atoms with Crippen molar-refractivity contribution in [2.24, 2.45) is 28.1 Å². The Morgan fingerprint density at radius 3 is 2.57 bits per heavy atom. The second kappa shape index (κ2) is 14.4. The van der Waals surface area contributed by atoms with Crippen LogP contribution in [0, 0.1) is 11.7 Å². The summed E-state index contributed by atoms with van der Waals surface area (Å²) in [6, 6.07) is 13.1. The maximum absolute atomic E-state index is 15.1. The second-order valence-electron chi connectivity index (χ2n) is 11.0. The highest BCUT2D eigenvalue weighted by Gasteiger charge is 2.16. The molecule has 224 valence electrons. The number of fused-ring (bicyclic) bond motifs is 1. The molecule has 8 N–H and O–H groups in total. The van der Waals surface area contributed by atoms with Crippen molar-refractivity contribution in [2.75, 3.05) is 13.1 Å². The summed E-state index contributed by atoms with van der Waals surface area (Å²) >= 11 is 6.26. The first-order valence-corrected chi connectivity index (χ1v) is 14.7. The van der Waals surface area contributed by atoms with E-state index < -0.39 is 11.5 Å². The number of hydrogen-bond acceptors (Lipinski definition) is 5. The third-order valence-electron chi connectivity index (χ3n) is 7.23. The number of nitrogens with one attached hydrogen (secondary N) is 2. The Labute approximate surface area is 250 Å². The number of nitrogens with zero attached hydrogens (tertiary/aromatic N) is 3. The van der Waals surface area contributed by atoms with Crippen molar-refractivity contribution in [1.29, 1.82) is 0 Å². The van der Waals surface area contributed by atoms with Crippen LogP contribution in [0.3, 0.4) is 0 Å². The maximum atomic E-state index is 15.1. The topological polar surface area (TPSA) is 153 Å². The zero-order chi connectivity index (χ0) is 30.2. The summed E-state index contributed by atoms with van der Waals surface area (Å²) in [7, 11) is 0. The highest BCUT2D eigenvalue weighted by Crippen LogP contribution is 2.31. The minimum atomic E-state index is -0.500. The van der Waals surface area contributed by atoms with Crippen molar-refractivity contribution in [1.82, 2.24) is 19.9 Å². The number of hydrogen-bond donors (Lipinski definition) is 5. The molecule has 0 fully saturated rings. The van der Waals surface area contributed by atoms with Crippen LogP contribution in [0.25, 0.3) is 28.0 Å². The Balaban J connectivity index is 1.51. The molecular formula is C31H40ClFN8O. The summed E-state index contributed by atoms with van der Waals surface area (Å²) in [6.45, 7) is 6.08. The molecule has 0 saturated carbocycles. The fourth-order valence-electron chi connectivity index (χ4n) is 4.96. The van der Waals surface area contributed by atoms with Crippen molar-refractivity contribution in [3.05, 3.63) is 81.1 Å². The molecule has 2 aromatic carbocycles. The molecule has 0 saturated heterocycles. The van der Waals surface area contributed by atoms with Crippen LogP contribution in [-0.4, -0.2) is 39.6 Å². The highest BCUT2D eigenvalue weighted by molar-refractivity contribution is 6.31. The van der Waals surface area contributed by atoms with Gasteiger partial charge in [-0.15, -0.1) is 0 Å². The summed E-state index contributed by atoms with van der Waals surface area (Å²) in [5.41, 5.74) is 20.1. The molecule has 1 atom stereocenters. The first-order valence-electron chi connectivity index (χ1n) is 14.3. The number of H-pyrrole nitrogens is 1. The molecule has 0 amide bonds. The molecule has 0 spiro atoms. The fraction of sp³-hybridized carbons (Fsp3) is 0.387. The SMILES string of the molecule is CC(C)CCCc1cc(Cl)c(F)c(-c2cc3cn(-c4ccc(CN[C@@H](CCN)CCN=C(N)N)cc4)c(=O)nc3[nH]2)c1. The number of benzene rings is 2. The van der Waals surface area contributed by atoms with Crippen molar-refractivity contribution in [3.8, 4) is 16.9 Å². The summed E-state index contributed by atoms with van der Waals surface area (Å²) in [5, 5.41) is 4.26. The molecule has 11 heteroatoms. The minimum Gasteiger partial charge on any atom is -0.370 e. The quantitative estimate of drug-likeness (QED) is 0.106. The van der Waals surface area contributed by atoms with Crippen LogP contribution >= 0.6 is 11.6 Å². The number of aromatic amines is 1. The van der Waals surface area contributed by atoms with E-state index >= 15 is 4.39 Å².